The number of likely N-dealkylation sites (tertiary alicyclic amines) is 1. The molecule has 0 saturated carbocycles. The second-order valence-electron chi connectivity index (χ2n) is 11.9. The summed E-state index contributed by atoms with van der Waals surface area (Å²) in [5, 5.41) is 9.74. The van der Waals surface area contributed by atoms with Crippen LogP contribution >= 0.6 is 11.3 Å². The van der Waals surface area contributed by atoms with Crippen LogP contribution in [0.4, 0.5) is 19.0 Å². The summed E-state index contributed by atoms with van der Waals surface area (Å²) in [4.78, 5) is 43.1. The average molecular weight is 660 g/mol. The fourth-order valence-corrected chi connectivity index (χ4v) is 7.24. The van der Waals surface area contributed by atoms with Crippen molar-refractivity contribution in [3.8, 4) is 17.0 Å². The number of unbranched alkanes of at least 4 members (excludes halogenated alkanes) is 1. The third-order valence-corrected chi connectivity index (χ3v) is 9.82. The third-order valence-electron chi connectivity index (χ3n) is 8.78. The number of benzene rings is 1. The van der Waals surface area contributed by atoms with Gasteiger partial charge in [0, 0.05) is 36.1 Å². The highest BCUT2D eigenvalue weighted by atomic mass is 32.1. The lowest BCUT2D eigenvalue weighted by Gasteiger charge is -2.30. The van der Waals surface area contributed by atoms with E-state index in [-0.39, 0.29) is 36.2 Å². The fraction of sp³-hybridized carbons (Fsp3) is 0.545. The van der Waals surface area contributed by atoms with E-state index >= 15 is 0 Å². The number of thiazole rings is 1. The molecule has 0 bridgehead atoms. The van der Waals surface area contributed by atoms with Gasteiger partial charge in [-0.15, -0.1) is 11.3 Å². The zero-order chi connectivity index (χ0) is 32.8. The fourth-order valence-electron chi connectivity index (χ4n) is 6.12. The van der Waals surface area contributed by atoms with Gasteiger partial charge in [0.15, 0.2) is 5.78 Å². The van der Waals surface area contributed by atoms with E-state index in [0.29, 0.717) is 67.0 Å². The molecule has 0 unspecified atom stereocenters. The number of carboxylic acids is 1. The number of carbonyl (C=O) groups is 2. The summed E-state index contributed by atoms with van der Waals surface area (Å²) >= 11 is 1.35. The van der Waals surface area contributed by atoms with E-state index in [4.69, 9.17) is 9.72 Å². The van der Waals surface area contributed by atoms with Crippen molar-refractivity contribution < 1.29 is 32.6 Å². The Bertz CT molecular complexity index is 1510. The molecule has 0 amide bonds. The van der Waals surface area contributed by atoms with Gasteiger partial charge in [-0.1, -0.05) is 20.3 Å². The van der Waals surface area contributed by atoms with Crippen molar-refractivity contribution in [3.05, 3.63) is 51.7 Å². The molecular weight excluding hydrogens is 619 g/mol. The Hall–Kier alpha value is -3.58. The van der Waals surface area contributed by atoms with E-state index in [1.807, 2.05) is 11.8 Å². The maximum Gasteiger partial charge on any atom is 0.419 e. The molecule has 248 valence electrons. The minimum absolute atomic E-state index is 0.0583. The number of piperidine rings is 1. The summed E-state index contributed by atoms with van der Waals surface area (Å²) in [6.07, 6.45) is 3.88. The monoisotopic (exact) mass is 659 g/mol. The van der Waals surface area contributed by atoms with Crippen molar-refractivity contribution in [2.24, 2.45) is 5.92 Å². The lowest BCUT2D eigenvalue weighted by molar-refractivity contribution is -0.142. The molecule has 13 heteroatoms. The van der Waals surface area contributed by atoms with Gasteiger partial charge in [0.05, 0.1) is 42.6 Å². The summed E-state index contributed by atoms with van der Waals surface area (Å²) in [6.45, 7) is 6.82. The first-order chi connectivity index (χ1) is 22.1. The first-order valence-electron chi connectivity index (χ1n) is 16.0. The second-order valence-corrected chi connectivity index (χ2v) is 13.1. The van der Waals surface area contributed by atoms with Gasteiger partial charge < -0.3 is 14.7 Å². The topological polar surface area (TPSA) is 109 Å². The SMILES string of the molecule is CCCCOc1ccc(-c2nc(CC(=O)c3cnc(N4CCC(C(=O)O)CC4)cn3)sc2CN2CCC[C@H]2CC)cc1C(F)(F)F. The second kappa shape index (κ2) is 14.9. The van der Waals surface area contributed by atoms with E-state index in [2.05, 4.69) is 21.8 Å². The number of anilines is 1. The molecule has 2 fully saturated rings. The molecule has 2 saturated heterocycles. The molecule has 2 aromatic heterocycles. The van der Waals surface area contributed by atoms with Crippen LogP contribution in [0, 0.1) is 5.92 Å². The quantitative estimate of drug-likeness (QED) is 0.155. The Morgan fingerprint density at radius 1 is 1.09 bits per heavy atom. The molecule has 9 nitrogen and oxygen atoms in total. The van der Waals surface area contributed by atoms with Crippen LogP contribution in [0.1, 0.15) is 84.7 Å². The number of aromatic nitrogens is 3. The molecule has 3 aromatic rings. The minimum atomic E-state index is -4.61. The molecule has 0 radical (unpaired) electrons. The Kier molecular flexibility index (Phi) is 10.9. The van der Waals surface area contributed by atoms with Crippen LogP contribution < -0.4 is 9.64 Å². The lowest BCUT2D eigenvalue weighted by Crippen LogP contribution is -2.36. The number of hydrogen-bond donors (Lipinski definition) is 1. The Morgan fingerprint density at radius 3 is 2.52 bits per heavy atom. The number of nitrogens with zero attached hydrogens (tertiary/aromatic N) is 5. The number of rotatable bonds is 13. The van der Waals surface area contributed by atoms with Crippen LogP contribution in [0.5, 0.6) is 5.75 Å². The number of ketones is 1. The van der Waals surface area contributed by atoms with E-state index in [0.717, 1.165) is 43.2 Å². The molecule has 0 spiro atoms. The maximum atomic E-state index is 14.1. The Labute approximate surface area is 270 Å². The van der Waals surface area contributed by atoms with Crippen LogP contribution in [0.15, 0.2) is 30.6 Å². The molecule has 5 rings (SSSR count). The highest BCUT2D eigenvalue weighted by Crippen LogP contribution is 2.41. The van der Waals surface area contributed by atoms with Gasteiger partial charge in [0.25, 0.3) is 0 Å². The maximum absolute atomic E-state index is 14.1. The van der Waals surface area contributed by atoms with Crippen LogP contribution in [0.2, 0.25) is 0 Å². The Balaban J connectivity index is 1.38. The number of alkyl halides is 3. The van der Waals surface area contributed by atoms with Crippen molar-refractivity contribution in [2.45, 2.75) is 84.0 Å². The molecule has 1 N–H and O–H groups in total. The van der Waals surface area contributed by atoms with E-state index in [1.165, 1.54) is 29.8 Å². The first kappa shape index (κ1) is 33.8. The van der Waals surface area contributed by atoms with E-state index < -0.39 is 17.7 Å². The predicted octanol–water partition coefficient (Wildman–Crippen LogP) is 6.90. The summed E-state index contributed by atoms with van der Waals surface area (Å²) in [5.41, 5.74) is 0.114. The molecule has 46 heavy (non-hydrogen) atoms. The van der Waals surface area contributed by atoms with Crippen molar-refractivity contribution >= 4 is 28.9 Å². The van der Waals surface area contributed by atoms with E-state index in [1.54, 1.807) is 6.07 Å². The van der Waals surface area contributed by atoms with Crippen LogP contribution in [0.25, 0.3) is 11.3 Å². The van der Waals surface area contributed by atoms with Crippen LogP contribution in [0.3, 0.4) is 0 Å². The van der Waals surface area contributed by atoms with Gasteiger partial charge in [0.1, 0.15) is 22.3 Å². The van der Waals surface area contributed by atoms with Crippen LogP contribution in [-0.4, -0.2) is 69.0 Å². The van der Waals surface area contributed by atoms with Gasteiger partial charge >= 0.3 is 12.1 Å². The number of carbonyl (C=O) groups excluding carboxylic acids is 1. The van der Waals surface area contributed by atoms with Crippen molar-refractivity contribution in [3.63, 3.8) is 0 Å². The molecule has 4 heterocycles. The van der Waals surface area contributed by atoms with Gasteiger partial charge in [-0.3, -0.25) is 14.5 Å². The standard InChI is InChI=1S/C33H40F3N5O4S/c1-3-5-15-45-27-9-8-22(16-24(27)33(34,35)36)31-28(20-41-12-6-7-23(41)4-2)46-30(39-31)17-26(42)25-18-38-29(19-37-25)40-13-10-21(11-14-40)32(43)44/h8-9,16,18-19,21,23H,3-7,10-15,17,20H2,1-2H3,(H,43,44)/t23-/m1/s1. The highest BCUT2D eigenvalue weighted by molar-refractivity contribution is 7.12. The number of ether oxygens (including phenoxy) is 1. The smallest absolute Gasteiger partial charge is 0.419 e. The van der Waals surface area contributed by atoms with Crippen molar-refractivity contribution in [1.82, 2.24) is 19.9 Å². The zero-order valence-corrected chi connectivity index (χ0v) is 27.0. The zero-order valence-electron chi connectivity index (χ0n) is 26.2. The lowest BCUT2D eigenvalue weighted by atomic mass is 9.97. The molecule has 0 aliphatic carbocycles. The number of carboxylic acid groups (broad SMARTS) is 1. The van der Waals surface area contributed by atoms with Gasteiger partial charge in [-0.25, -0.2) is 15.0 Å². The molecule has 1 aromatic carbocycles. The number of aliphatic carboxylic acids is 1. The van der Waals surface area contributed by atoms with Gasteiger partial charge in [-0.05, 0) is 63.3 Å². The first-order valence-corrected chi connectivity index (χ1v) is 16.8. The summed E-state index contributed by atoms with van der Waals surface area (Å²) < 4.78 is 47.9. The molecule has 1 atom stereocenters. The highest BCUT2D eigenvalue weighted by Gasteiger charge is 2.35. The minimum Gasteiger partial charge on any atom is -0.493 e. The molecule has 2 aliphatic heterocycles. The van der Waals surface area contributed by atoms with Gasteiger partial charge in [-0.2, -0.15) is 13.2 Å². The molecule has 2 aliphatic rings. The third kappa shape index (κ3) is 8.03. The number of hydrogen-bond acceptors (Lipinski definition) is 9. The van der Waals surface area contributed by atoms with Crippen molar-refractivity contribution in [1.29, 1.82) is 0 Å². The average Bonchev–Trinajstić information content (AvgIpc) is 3.67. The van der Waals surface area contributed by atoms with Crippen LogP contribution in [-0.2, 0) is 23.9 Å². The summed E-state index contributed by atoms with van der Waals surface area (Å²) in [7, 11) is 0. The summed E-state index contributed by atoms with van der Waals surface area (Å²) in [5.74, 6) is -1.07. The van der Waals surface area contributed by atoms with Gasteiger partial charge in [0.2, 0.25) is 0 Å². The normalized spacial score (nSPS) is 17.8. The largest absolute Gasteiger partial charge is 0.493 e. The predicted molar refractivity (Wildman–Crippen MR) is 169 cm³/mol. The van der Waals surface area contributed by atoms with Crippen molar-refractivity contribution in [2.75, 3.05) is 31.1 Å². The molecular formula is C33H40F3N5O4S. The van der Waals surface area contributed by atoms with E-state index in [9.17, 15) is 27.9 Å². The number of Topliss-reactive ketones (excluding diaryl/α,β-unsaturated/α-hetero) is 1. The Morgan fingerprint density at radius 2 is 1.87 bits per heavy atom. The summed E-state index contributed by atoms with van der Waals surface area (Å²) in [6, 6.07) is 4.49. The number of halogens is 3.